The highest BCUT2D eigenvalue weighted by molar-refractivity contribution is 6.23. The first kappa shape index (κ1) is 45.3. The maximum atomic E-state index is 7.31. The summed E-state index contributed by atoms with van der Waals surface area (Å²) in [5.74, 6) is 0. The Morgan fingerprint density at radius 3 is 1.21 bits per heavy atom. The zero-order valence-corrected chi connectivity index (χ0v) is 45.2. The number of hydrogen-bond acceptors (Lipinski definition) is 6. The van der Waals surface area contributed by atoms with Gasteiger partial charge in [0.25, 0.3) is 0 Å². The largest absolute Gasteiger partial charge is 0.455 e. The molecule has 382 valence electrons. The van der Waals surface area contributed by atoms with Crippen molar-refractivity contribution in [2.75, 3.05) is 9.80 Å². The van der Waals surface area contributed by atoms with Crippen molar-refractivity contribution in [1.82, 2.24) is 0 Å². The molecule has 0 saturated carbocycles. The monoisotopic (exact) mass is 1030 g/mol. The quantitative estimate of drug-likeness (QED) is 0.165. The average molecular weight is 1030 g/mol. The molecule has 0 amide bonds. The van der Waals surface area contributed by atoms with Crippen molar-refractivity contribution in [3.8, 4) is 22.3 Å². The van der Waals surface area contributed by atoms with E-state index < -0.39 is 10.8 Å². The van der Waals surface area contributed by atoms with Crippen molar-refractivity contribution in [3.63, 3.8) is 0 Å². The molecule has 0 aliphatic heterocycles. The van der Waals surface area contributed by atoms with Gasteiger partial charge in [0.2, 0.25) is 0 Å². The van der Waals surface area contributed by atoms with Crippen LogP contribution in [0.5, 0.6) is 0 Å². The molecule has 4 heterocycles. The Kier molecular flexibility index (Phi) is 9.01. The zero-order valence-electron chi connectivity index (χ0n) is 45.2. The van der Waals surface area contributed by atoms with Gasteiger partial charge in [-0.15, -0.1) is 0 Å². The number of rotatable bonds is 6. The summed E-state index contributed by atoms with van der Waals surface area (Å²) in [6, 6.07) is 73.9. The number of aryl methyl sites for hydroxylation is 2. The van der Waals surface area contributed by atoms with Crippen LogP contribution in [0.25, 0.3) is 110 Å². The van der Waals surface area contributed by atoms with Crippen molar-refractivity contribution < 1.29 is 17.7 Å². The van der Waals surface area contributed by atoms with Crippen LogP contribution in [0.15, 0.2) is 224 Å². The molecule has 6 nitrogen and oxygen atoms in total. The van der Waals surface area contributed by atoms with Crippen LogP contribution < -0.4 is 9.80 Å². The van der Waals surface area contributed by atoms with E-state index in [2.05, 4.69) is 245 Å². The average Bonchev–Trinajstić information content (AvgIpc) is 4.41. The van der Waals surface area contributed by atoms with Gasteiger partial charge < -0.3 is 27.5 Å². The van der Waals surface area contributed by atoms with Gasteiger partial charge in [-0.05, 0) is 125 Å². The molecule has 17 rings (SSSR count). The Labute approximate surface area is 461 Å². The first-order valence-corrected chi connectivity index (χ1v) is 27.7. The van der Waals surface area contributed by atoms with Gasteiger partial charge in [-0.25, -0.2) is 0 Å². The Bertz CT molecular complexity index is 5190. The van der Waals surface area contributed by atoms with Gasteiger partial charge in [0, 0.05) is 65.5 Å². The number of para-hydroxylation sites is 8. The predicted molar refractivity (Wildman–Crippen MR) is 330 cm³/mol. The Balaban J connectivity index is 0.939. The normalized spacial score (nSPS) is 14.1. The molecule has 0 bridgehead atoms. The molecule has 6 heteroatoms. The molecule has 0 fully saturated rings. The molecular formula is C74H52N2O4. The summed E-state index contributed by atoms with van der Waals surface area (Å²) in [4.78, 5) is 4.82. The lowest BCUT2D eigenvalue weighted by Crippen LogP contribution is -2.24. The van der Waals surface area contributed by atoms with Crippen molar-refractivity contribution in [2.45, 2.75) is 52.4 Å². The van der Waals surface area contributed by atoms with E-state index in [4.69, 9.17) is 17.7 Å². The number of benzene rings is 11. The Hall–Kier alpha value is -9.78. The van der Waals surface area contributed by atoms with Crippen LogP contribution in [0.2, 0.25) is 0 Å². The first-order chi connectivity index (χ1) is 39.1. The molecule has 0 atom stereocenters. The van der Waals surface area contributed by atoms with Crippen molar-refractivity contribution >= 4 is 122 Å². The smallest absolute Gasteiger partial charge is 0.160 e. The third-order valence-corrected chi connectivity index (χ3v) is 18.0. The van der Waals surface area contributed by atoms with Crippen LogP contribution >= 0.6 is 0 Å². The van der Waals surface area contributed by atoms with Gasteiger partial charge in [0.1, 0.15) is 27.9 Å². The third-order valence-electron chi connectivity index (χ3n) is 18.0. The zero-order chi connectivity index (χ0) is 53.5. The van der Waals surface area contributed by atoms with Crippen LogP contribution in [0.4, 0.5) is 34.1 Å². The molecule has 11 aromatic carbocycles. The van der Waals surface area contributed by atoms with Gasteiger partial charge in [-0.1, -0.05) is 173 Å². The second kappa shape index (κ2) is 15.9. The fraction of sp³-hybridized carbons (Fsp3) is 0.108. The molecule has 0 spiro atoms. The van der Waals surface area contributed by atoms with E-state index >= 15 is 0 Å². The molecule has 0 saturated heterocycles. The van der Waals surface area contributed by atoms with Crippen molar-refractivity contribution in [2.24, 2.45) is 0 Å². The Morgan fingerprint density at radius 1 is 0.300 bits per heavy atom. The summed E-state index contributed by atoms with van der Waals surface area (Å²) in [6.07, 6.45) is 0. The van der Waals surface area contributed by atoms with E-state index in [0.29, 0.717) is 0 Å². The minimum absolute atomic E-state index is 0.487. The molecule has 15 aromatic rings. The maximum absolute atomic E-state index is 7.31. The lowest BCUT2D eigenvalue weighted by Gasteiger charge is -2.32. The summed E-state index contributed by atoms with van der Waals surface area (Å²) >= 11 is 0. The minimum atomic E-state index is -0.495. The van der Waals surface area contributed by atoms with Crippen LogP contribution in [0.1, 0.15) is 61.1 Å². The SMILES string of the molecule is Cc1ccccc1N(c1cccc2c1oc1ccccc12)c1cc2c(c3c1oc1ccccc13)-c1ccc3c(c1C2(C)C)C(C)(C)c1cc(N(c2ccccc2C)c2cccc4c2oc2ccccc24)c2c(oc4ccccc42)c1-3. The molecular weight excluding hydrogens is 981 g/mol. The summed E-state index contributed by atoms with van der Waals surface area (Å²) in [5.41, 5.74) is 24.0. The predicted octanol–water partition coefficient (Wildman–Crippen LogP) is 21.5. The van der Waals surface area contributed by atoms with Crippen molar-refractivity contribution in [3.05, 3.63) is 240 Å². The fourth-order valence-electron chi connectivity index (χ4n) is 14.4. The van der Waals surface area contributed by atoms with E-state index in [0.717, 1.165) is 139 Å². The molecule has 80 heavy (non-hydrogen) atoms. The van der Waals surface area contributed by atoms with Gasteiger partial charge in [-0.2, -0.15) is 0 Å². The highest BCUT2D eigenvalue weighted by Crippen LogP contribution is 2.64. The van der Waals surface area contributed by atoms with Gasteiger partial charge in [0.15, 0.2) is 16.7 Å². The highest BCUT2D eigenvalue weighted by Gasteiger charge is 2.49. The molecule has 2 aliphatic carbocycles. The van der Waals surface area contributed by atoms with Crippen LogP contribution in [-0.4, -0.2) is 0 Å². The lowest BCUT2D eigenvalue weighted by molar-refractivity contribution is 0.600. The summed E-state index contributed by atoms with van der Waals surface area (Å²) in [5, 5.41) is 8.65. The van der Waals surface area contributed by atoms with E-state index in [1.807, 2.05) is 12.1 Å². The third kappa shape index (κ3) is 5.87. The molecule has 0 N–H and O–H groups in total. The summed E-state index contributed by atoms with van der Waals surface area (Å²) in [7, 11) is 0. The number of nitrogens with zero attached hydrogens (tertiary/aromatic N) is 2. The van der Waals surface area contributed by atoms with Gasteiger partial charge in [-0.3, -0.25) is 0 Å². The first-order valence-electron chi connectivity index (χ1n) is 27.7. The van der Waals surface area contributed by atoms with Gasteiger partial charge in [0.05, 0.1) is 28.1 Å². The van der Waals surface area contributed by atoms with Crippen LogP contribution in [-0.2, 0) is 10.8 Å². The number of hydrogen-bond donors (Lipinski definition) is 0. The van der Waals surface area contributed by atoms with Crippen LogP contribution in [0.3, 0.4) is 0 Å². The standard InChI is InChI=1S/C74H52N2O4/c1-41-21-7-13-29-53(41)75(55-31-19-27-45-43-23-9-15-33-59(43)77-69(45)55)57-39-52-64(72-65(57)47-25-11-17-35-61(47)80-72)50-38-37-49-63-51(73(3,4)67(49)68(50)74(52,5)6)40-58(71-66(63)48-26-12-18-36-62(48)79-71)76(54-30-14-8-22-42(54)2)56-32-20-28-46-44-24-10-16-34-60(44)78-70(46)56/h7-40H,1-6H3. The molecule has 0 radical (unpaired) electrons. The number of anilines is 6. The second-order valence-electron chi connectivity index (χ2n) is 23.1. The molecule has 4 aromatic heterocycles. The second-order valence-corrected chi connectivity index (χ2v) is 23.1. The van der Waals surface area contributed by atoms with Crippen molar-refractivity contribution in [1.29, 1.82) is 0 Å². The number of furan rings is 4. The maximum Gasteiger partial charge on any atom is 0.160 e. The minimum Gasteiger partial charge on any atom is -0.455 e. The fourth-order valence-corrected chi connectivity index (χ4v) is 14.4. The Morgan fingerprint density at radius 2 is 0.675 bits per heavy atom. The number of fused-ring (bicyclic) bond motifs is 21. The van der Waals surface area contributed by atoms with Crippen LogP contribution in [0, 0.1) is 13.8 Å². The summed E-state index contributed by atoms with van der Waals surface area (Å²) in [6.45, 7) is 14.1. The topological polar surface area (TPSA) is 59.0 Å². The van der Waals surface area contributed by atoms with E-state index in [1.54, 1.807) is 0 Å². The van der Waals surface area contributed by atoms with E-state index in [-0.39, 0.29) is 0 Å². The lowest BCUT2D eigenvalue weighted by atomic mass is 9.72. The van der Waals surface area contributed by atoms with E-state index in [9.17, 15) is 0 Å². The van der Waals surface area contributed by atoms with Gasteiger partial charge >= 0.3 is 0 Å². The van der Waals surface area contributed by atoms with E-state index in [1.165, 1.54) is 38.9 Å². The molecule has 2 aliphatic rings. The summed E-state index contributed by atoms with van der Waals surface area (Å²) < 4.78 is 28.3. The molecule has 0 unspecified atom stereocenters. The highest BCUT2D eigenvalue weighted by atomic mass is 16.3.